The number of benzene rings is 3. The highest BCUT2D eigenvalue weighted by atomic mass is 19.1. The van der Waals surface area contributed by atoms with E-state index in [4.69, 9.17) is 0 Å². The third kappa shape index (κ3) is 8.62. The molecule has 4 amide bonds. The van der Waals surface area contributed by atoms with Crippen LogP contribution in [-0.4, -0.2) is 59.1 Å². The predicted octanol–water partition coefficient (Wildman–Crippen LogP) is 3.95. The fourth-order valence-corrected chi connectivity index (χ4v) is 5.17. The quantitative estimate of drug-likeness (QED) is 0.245. The zero-order valence-electron chi connectivity index (χ0n) is 25.0. The van der Waals surface area contributed by atoms with Crippen LogP contribution in [0.3, 0.4) is 0 Å². The number of carbonyl (C=O) groups is 3. The van der Waals surface area contributed by atoms with Gasteiger partial charge in [0.05, 0.1) is 11.8 Å². The van der Waals surface area contributed by atoms with Gasteiger partial charge in [-0.25, -0.2) is 9.18 Å². The number of aliphatic hydroxyl groups is 1. The molecule has 0 unspecified atom stereocenters. The van der Waals surface area contributed by atoms with Crippen molar-refractivity contribution >= 4 is 23.5 Å². The molecule has 3 aromatic rings. The second-order valence-corrected chi connectivity index (χ2v) is 11.7. The zero-order valence-corrected chi connectivity index (χ0v) is 25.0. The van der Waals surface area contributed by atoms with Gasteiger partial charge in [-0.15, -0.1) is 0 Å². The molecule has 228 valence electrons. The van der Waals surface area contributed by atoms with Gasteiger partial charge < -0.3 is 31.3 Å². The van der Waals surface area contributed by atoms with E-state index in [2.05, 4.69) is 21.3 Å². The Hall–Kier alpha value is -4.28. The van der Waals surface area contributed by atoms with Crippen LogP contribution in [-0.2, 0) is 29.1 Å². The molecule has 1 aliphatic rings. The molecule has 0 bridgehead atoms. The monoisotopic (exact) mass is 589 g/mol. The smallest absolute Gasteiger partial charge is 0.318 e. The highest BCUT2D eigenvalue weighted by Gasteiger charge is 2.32. The molecule has 1 aliphatic heterocycles. The summed E-state index contributed by atoms with van der Waals surface area (Å²) in [5.41, 5.74) is 4.22. The zero-order chi connectivity index (χ0) is 31.1. The molecule has 43 heavy (non-hydrogen) atoms. The number of aliphatic hydroxyl groups excluding tert-OH is 1. The number of nitrogens with one attached hydrogen (secondary N) is 4. The standard InChI is InChI=1S/C33H40FN5O4/c1-21(40)18-36-33(2,3)17-30(41)37-29-16-25-15-26(34)14-13-24(25)20-39(31(29)42)19-22-9-11-23(12-10-22)27-7-5-6-8-28(27)38-32(43)35-4/h5-15,21,29,36,40H,16-20H2,1-4H3,(H,37,41)(H2,35,38,43)/t21-,29-/m1/s1. The normalized spacial score (nSPS) is 15.7. The van der Waals surface area contributed by atoms with Crippen molar-refractivity contribution in [3.05, 3.63) is 89.2 Å². The Bertz CT molecular complexity index is 1460. The van der Waals surface area contributed by atoms with E-state index in [1.807, 2.05) is 62.4 Å². The summed E-state index contributed by atoms with van der Waals surface area (Å²) in [7, 11) is 1.55. The maximum Gasteiger partial charge on any atom is 0.318 e. The fraction of sp³-hybridized carbons (Fsp3) is 0.364. The van der Waals surface area contributed by atoms with E-state index in [-0.39, 0.29) is 37.2 Å². The number of amides is 4. The van der Waals surface area contributed by atoms with Crippen LogP contribution in [0.15, 0.2) is 66.7 Å². The maximum atomic E-state index is 14.2. The Balaban J connectivity index is 1.53. The summed E-state index contributed by atoms with van der Waals surface area (Å²) in [5.74, 6) is -0.950. The lowest BCUT2D eigenvalue weighted by Crippen LogP contribution is -2.51. The Kier molecular flexibility index (Phi) is 10.2. The number of hydrogen-bond donors (Lipinski definition) is 5. The molecule has 2 atom stereocenters. The topological polar surface area (TPSA) is 123 Å². The van der Waals surface area contributed by atoms with Crippen LogP contribution in [0.25, 0.3) is 11.1 Å². The summed E-state index contributed by atoms with van der Waals surface area (Å²) in [6, 6.07) is 18.6. The van der Waals surface area contributed by atoms with Gasteiger partial charge in [-0.1, -0.05) is 48.5 Å². The molecule has 0 radical (unpaired) electrons. The third-order valence-electron chi connectivity index (χ3n) is 7.42. The van der Waals surface area contributed by atoms with Crippen LogP contribution in [0.5, 0.6) is 0 Å². The highest BCUT2D eigenvalue weighted by molar-refractivity contribution is 5.94. The van der Waals surface area contributed by atoms with Gasteiger partial charge in [0.15, 0.2) is 0 Å². The molecule has 3 aromatic carbocycles. The van der Waals surface area contributed by atoms with Crippen LogP contribution in [0.2, 0.25) is 0 Å². The third-order valence-corrected chi connectivity index (χ3v) is 7.42. The van der Waals surface area contributed by atoms with Crippen molar-refractivity contribution in [3.63, 3.8) is 0 Å². The fourth-order valence-electron chi connectivity index (χ4n) is 5.17. The first-order chi connectivity index (χ1) is 20.4. The van der Waals surface area contributed by atoms with E-state index in [0.29, 0.717) is 24.3 Å². The van der Waals surface area contributed by atoms with Crippen molar-refractivity contribution in [1.29, 1.82) is 0 Å². The van der Waals surface area contributed by atoms with Crippen LogP contribution < -0.4 is 21.3 Å². The number of fused-ring (bicyclic) bond motifs is 1. The number of nitrogens with zero attached hydrogens (tertiary/aromatic N) is 1. The summed E-state index contributed by atoms with van der Waals surface area (Å²) in [6.07, 6.45) is -0.283. The average Bonchev–Trinajstić information content (AvgIpc) is 3.08. The second-order valence-electron chi connectivity index (χ2n) is 11.7. The van der Waals surface area contributed by atoms with E-state index < -0.39 is 23.5 Å². The number of β-amino-alcohol motifs (C(OH)–C–C–N with tert-alkyl or cyclic N) is 1. The lowest BCUT2D eigenvalue weighted by Gasteiger charge is -2.29. The highest BCUT2D eigenvalue weighted by Crippen LogP contribution is 2.29. The van der Waals surface area contributed by atoms with Gasteiger partial charge in [0.1, 0.15) is 11.9 Å². The van der Waals surface area contributed by atoms with Crippen LogP contribution in [0.1, 0.15) is 43.9 Å². The summed E-state index contributed by atoms with van der Waals surface area (Å²) in [4.78, 5) is 40.5. The van der Waals surface area contributed by atoms with Crippen molar-refractivity contribution in [2.45, 2.75) is 64.4 Å². The molecule has 0 spiro atoms. The first kappa shape index (κ1) is 31.7. The van der Waals surface area contributed by atoms with Crippen LogP contribution >= 0.6 is 0 Å². The van der Waals surface area contributed by atoms with E-state index in [1.165, 1.54) is 12.1 Å². The largest absolute Gasteiger partial charge is 0.392 e. The number of urea groups is 1. The molecular formula is C33H40FN5O4. The van der Waals surface area contributed by atoms with Gasteiger partial charge in [0.2, 0.25) is 11.8 Å². The number of carbonyl (C=O) groups excluding carboxylic acids is 3. The Morgan fingerprint density at radius 1 is 1.07 bits per heavy atom. The summed E-state index contributed by atoms with van der Waals surface area (Å²) >= 11 is 0. The average molecular weight is 590 g/mol. The number of para-hydroxylation sites is 1. The van der Waals surface area contributed by atoms with Crippen molar-refractivity contribution in [2.24, 2.45) is 0 Å². The van der Waals surface area contributed by atoms with Gasteiger partial charge in [-0.05, 0) is 61.2 Å². The van der Waals surface area contributed by atoms with Crippen LogP contribution in [0.4, 0.5) is 14.9 Å². The van der Waals surface area contributed by atoms with Gasteiger partial charge >= 0.3 is 6.03 Å². The number of halogens is 1. The molecule has 9 nitrogen and oxygen atoms in total. The molecule has 1 heterocycles. The number of rotatable bonds is 10. The SMILES string of the molecule is CNC(=O)Nc1ccccc1-c1ccc(CN2Cc3ccc(F)cc3C[C@@H](NC(=O)CC(C)(C)NC[C@@H](C)O)C2=O)cc1. The van der Waals surface area contributed by atoms with Gasteiger partial charge in [0, 0.05) is 50.6 Å². The number of anilines is 1. The first-order valence-corrected chi connectivity index (χ1v) is 14.4. The first-order valence-electron chi connectivity index (χ1n) is 14.4. The molecule has 0 saturated carbocycles. The molecule has 0 aliphatic carbocycles. The summed E-state index contributed by atoms with van der Waals surface area (Å²) in [5, 5.41) is 21.1. The minimum absolute atomic E-state index is 0.0945. The van der Waals surface area contributed by atoms with Crippen molar-refractivity contribution in [1.82, 2.24) is 20.9 Å². The Morgan fingerprint density at radius 3 is 2.49 bits per heavy atom. The second kappa shape index (κ2) is 13.8. The molecule has 0 fully saturated rings. The van der Waals surface area contributed by atoms with Crippen LogP contribution in [0, 0.1) is 5.82 Å². The maximum absolute atomic E-state index is 14.2. The minimum atomic E-state index is -0.856. The van der Waals surface area contributed by atoms with Crippen molar-refractivity contribution < 1.29 is 23.9 Å². The van der Waals surface area contributed by atoms with Crippen molar-refractivity contribution in [2.75, 3.05) is 18.9 Å². The summed E-state index contributed by atoms with van der Waals surface area (Å²) < 4.78 is 14.2. The van der Waals surface area contributed by atoms with Crippen molar-refractivity contribution in [3.8, 4) is 11.1 Å². The van der Waals surface area contributed by atoms with E-state index >= 15 is 0 Å². The molecule has 10 heteroatoms. The molecule has 5 N–H and O–H groups in total. The molecular weight excluding hydrogens is 549 g/mol. The Labute approximate surface area is 251 Å². The molecule has 4 rings (SSSR count). The Morgan fingerprint density at radius 2 is 1.79 bits per heavy atom. The molecule has 0 saturated heterocycles. The van der Waals surface area contributed by atoms with E-state index in [1.54, 1.807) is 24.9 Å². The van der Waals surface area contributed by atoms with Gasteiger partial charge in [-0.3, -0.25) is 9.59 Å². The lowest BCUT2D eigenvalue weighted by atomic mass is 9.98. The van der Waals surface area contributed by atoms with E-state index in [0.717, 1.165) is 22.3 Å². The summed E-state index contributed by atoms with van der Waals surface area (Å²) in [6.45, 7) is 6.29. The number of hydrogen-bond acceptors (Lipinski definition) is 5. The lowest BCUT2D eigenvalue weighted by molar-refractivity contribution is -0.137. The predicted molar refractivity (Wildman–Crippen MR) is 165 cm³/mol. The minimum Gasteiger partial charge on any atom is -0.392 e. The van der Waals surface area contributed by atoms with E-state index in [9.17, 15) is 23.9 Å². The molecule has 0 aromatic heterocycles. The van der Waals surface area contributed by atoms with Gasteiger partial charge in [0.25, 0.3) is 0 Å². The van der Waals surface area contributed by atoms with Gasteiger partial charge in [-0.2, -0.15) is 0 Å².